The van der Waals surface area contributed by atoms with Crippen molar-refractivity contribution in [3.63, 3.8) is 0 Å². The summed E-state index contributed by atoms with van der Waals surface area (Å²) < 4.78 is 0. The second-order valence-electron chi connectivity index (χ2n) is 4.40. The lowest BCUT2D eigenvalue weighted by molar-refractivity contribution is 0.285. The average molecular weight is 180 g/mol. The highest BCUT2D eigenvalue weighted by atomic mass is 14.9. The summed E-state index contributed by atoms with van der Waals surface area (Å²) in [5.74, 6) is 0.862. The zero-order chi connectivity index (χ0) is 9.68. The molecule has 74 valence electrons. The highest BCUT2D eigenvalue weighted by Crippen LogP contribution is 2.23. The molecule has 0 radical (unpaired) electrons. The topological polar surface area (TPSA) is 35.8 Å². The molecule has 2 nitrogen and oxygen atoms in total. The van der Waals surface area contributed by atoms with Crippen molar-refractivity contribution in [2.24, 2.45) is 5.92 Å². The van der Waals surface area contributed by atoms with Crippen molar-refractivity contribution in [3.05, 3.63) is 0 Å². The quantitative estimate of drug-likeness (QED) is 0.724. The lowest BCUT2D eigenvalue weighted by Crippen LogP contribution is -2.39. The summed E-state index contributed by atoms with van der Waals surface area (Å²) in [7, 11) is 0. The van der Waals surface area contributed by atoms with E-state index in [4.69, 9.17) is 5.26 Å². The molecule has 1 fully saturated rings. The van der Waals surface area contributed by atoms with Crippen molar-refractivity contribution in [3.8, 4) is 6.07 Å². The minimum atomic E-state index is 0.361. The lowest BCUT2D eigenvalue weighted by atomic mass is 9.87. The third kappa shape index (κ3) is 3.78. The van der Waals surface area contributed by atoms with Crippen LogP contribution in [0.3, 0.4) is 0 Å². The number of nitrogens with zero attached hydrogens (tertiary/aromatic N) is 1. The Morgan fingerprint density at radius 2 is 2.31 bits per heavy atom. The SMILES string of the molecule is CC1CCCC(NC(C)CC#N)C1. The monoisotopic (exact) mass is 180 g/mol. The Labute approximate surface area is 81.3 Å². The van der Waals surface area contributed by atoms with Crippen molar-refractivity contribution < 1.29 is 0 Å². The zero-order valence-corrected chi connectivity index (χ0v) is 8.71. The van der Waals surface area contributed by atoms with Gasteiger partial charge in [-0.1, -0.05) is 19.8 Å². The van der Waals surface area contributed by atoms with E-state index in [1.54, 1.807) is 0 Å². The molecule has 1 aliphatic carbocycles. The second kappa shape index (κ2) is 5.24. The van der Waals surface area contributed by atoms with Crippen LogP contribution < -0.4 is 5.32 Å². The van der Waals surface area contributed by atoms with Crippen LogP contribution in [0.25, 0.3) is 0 Å². The first kappa shape index (κ1) is 10.5. The van der Waals surface area contributed by atoms with Gasteiger partial charge >= 0.3 is 0 Å². The summed E-state index contributed by atoms with van der Waals surface area (Å²) in [4.78, 5) is 0. The van der Waals surface area contributed by atoms with Gasteiger partial charge in [0.1, 0.15) is 0 Å². The van der Waals surface area contributed by atoms with E-state index in [9.17, 15) is 0 Å². The first-order valence-corrected chi connectivity index (χ1v) is 5.35. The van der Waals surface area contributed by atoms with Crippen molar-refractivity contribution in [2.75, 3.05) is 0 Å². The molecule has 1 rings (SSSR count). The Morgan fingerprint density at radius 3 is 2.92 bits per heavy atom. The Hall–Kier alpha value is -0.550. The number of nitriles is 1. The maximum Gasteiger partial charge on any atom is 0.0638 e. The number of hydrogen-bond acceptors (Lipinski definition) is 2. The molecule has 1 aliphatic rings. The molecule has 0 aromatic rings. The molecule has 0 spiro atoms. The number of hydrogen-bond donors (Lipinski definition) is 1. The van der Waals surface area contributed by atoms with E-state index < -0.39 is 0 Å². The summed E-state index contributed by atoms with van der Waals surface area (Å²) >= 11 is 0. The van der Waals surface area contributed by atoms with Gasteiger partial charge < -0.3 is 5.32 Å². The smallest absolute Gasteiger partial charge is 0.0638 e. The summed E-state index contributed by atoms with van der Waals surface area (Å²) in [6, 6.07) is 3.23. The van der Waals surface area contributed by atoms with Gasteiger partial charge in [0.05, 0.1) is 12.5 Å². The molecular weight excluding hydrogens is 160 g/mol. The molecule has 3 atom stereocenters. The molecule has 0 saturated heterocycles. The van der Waals surface area contributed by atoms with Gasteiger partial charge in [0.2, 0.25) is 0 Å². The Bertz CT molecular complexity index is 183. The predicted octanol–water partition coefficient (Wildman–Crippen LogP) is 2.46. The largest absolute Gasteiger partial charge is 0.310 e. The van der Waals surface area contributed by atoms with Crippen LogP contribution in [-0.2, 0) is 0 Å². The van der Waals surface area contributed by atoms with Crippen LogP contribution in [0.15, 0.2) is 0 Å². The van der Waals surface area contributed by atoms with Crippen LogP contribution in [0.5, 0.6) is 0 Å². The van der Waals surface area contributed by atoms with Crippen molar-refractivity contribution >= 4 is 0 Å². The lowest BCUT2D eigenvalue weighted by Gasteiger charge is -2.29. The van der Waals surface area contributed by atoms with Gasteiger partial charge in [0, 0.05) is 12.1 Å². The maximum absolute atomic E-state index is 8.53. The highest BCUT2D eigenvalue weighted by molar-refractivity contribution is 4.83. The molecule has 0 bridgehead atoms. The molecular formula is C11H20N2. The fraction of sp³-hybridized carbons (Fsp3) is 0.909. The molecule has 0 heterocycles. The molecule has 13 heavy (non-hydrogen) atoms. The Kier molecular flexibility index (Phi) is 4.24. The molecule has 1 N–H and O–H groups in total. The Balaban J connectivity index is 2.24. The molecule has 0 aromatic carbocycles. The fourth-order valence-electron chi connectivity index (χ4n) is 2.18. The first-order chi connectivity index (χ1) is 6.22. The number of rotatable bonds is 3. The van der Waals surface area contributed by atoms with Crippen molar-refractivity contribution in [1.82, 2.24) is 5.32 Å². The van der Waals surface area contributed by atoms with Crippen LogP contribution in [0.2, 0.25) is 0 Å². The zero-order valence-electron chi connectivity index (χ0n) is 8.71. The standard InChI is InChI=1S/C11H20N2/c1-9-4-3-5-11(8-9)13-10(2)6-7-12/h9-11,13H,3-6,8H2,1-2H3. The van der Waals surface area contributed by atoms with Gasteiger partial charge in [-0.3, -0.25) is 0 Å². The first-order valence-electron chi connectivity index (χ1n) is 5.35. The average Bonchev–Trinajstić information content (AvgIpc) is 2.04. The van der Waals surface area contributed by atoms with Crippen LogP contribution >= 0.6 is 0 Å². The van der Waals surface area contributed by atoms with Crippen LogP contribution in [0, 0.1) is 17.2 Å². The van der Waals surface area contributed by atoms with E-state index in [1.165, 1.54) is 25.7 Å². The summed E-state index contributed by atoms with van der Waals surface area (Å²) in [5.41, 5.74) is 0. The second-order valence-corrected chi connectivity index (χ2v) is 4.40. The van der Waals surface area contributed by atoms with Crippen LogP contribution in [-0.4, -0.2) is 12.1 Å². The van der Waals surface area contributed by atoms with E-state index in [0.717, 1.165) is 5.92 Å². The van der Waals surface area contributed by atoms with Gasteiger partial charge in [0.15, 0.2) is 0 Å². The highest BCUT2D eigenvalue weighted by Gasteiger charge is 2.19. The molecule has 0 aromatic heterocycles. The minimum Gasteiger partial charge on any atom is -0.310 e. The third-order valence-corrected chi connectivity index (χ3v) is 2.85. The molecule has 0 amide bonds. The van der Waals surface area contributed by atoms with Gasteiger partial charge in [-0.2, -0.15) is 5.26 Å². The molecule has 2 heteroatoms. The van der Waals surface area contributed by atoms with E-state index >= 15 is 0 Å². The number of nitrogens with one attached hydrogen (secondary N) is 1. The van der Waals surface area contributed by atoms with Gasteiger partial charge in [-0.05, 0) is 25.7 Å². The van der Waals surface area contributed by atoms with Crippen molar-refractivity contribution in [1.29, 1.82) is 5.26 Å². The molecule has 1 saturated carbocycles. The van der Waals surface area contributed by atoms with Gasteiger partial charge in [-0.25, -0.2) is 0 Å². The molecule has 3 unspecified atom stereocenters. The van der Waals surface area contributed by atoms with Gasteiger partial charge in [-0.15, -0.1) is 0 Å². The minimum absolute atomic E-state index is 0.361. The summed E-state index contributed by atoms with van der Waals surface area (Å²) in [6.07, 6.45) is 5.93. The predicted molar refractivity (Wildman–Crippen MR) is 54.2 cm³/mol. The third-order valence-electron chi connectivity index (χ3n) is 2.85. The van der Waals surface area contributed by atoms with E-state index in [1.807, 2.05) is 0 Å². The van der Waals surface area contributed by atoms with Crippen molar-refractivity contribution in [2.45, 2.75) is 58.0 Å². The van der Waals surface area contributed by atoms with E-state index in [0.29, 0.717) is 18.5 Å². The summed E-state index contributed by atoms with van der Waals surface area (Å²) in [5, 5.41) is 12.1. The normalized spacial score (nSPS) is 30.8. The molecule has 0 aliphatic heterocycles. The van der Waals surface area contributed by atoms with Gasteiger partial charge in [0.25, 0.3) is 0 Å². The van der Waals surface area contributed by atoms with E-state index in [-0.39, 0.29) is 0 Å². The van der Waals surface area contributed by atoms with E-state index in [2.05, 4.69) is 25.2 Å². The summed E-state index contributed by atoms with van der Waals surface area (Å²) in [6.45, 7) is 4.42. The van der Waals surface area contributed by atoms with Crippen LogP contribution in [0.1, 0.15) is 46.0 Å². The maximum atomic E-state index is 8.53. The van der Waals surface area contributed by atoms with Crippen LogP contribution in [0.4, 0.5) is 0 Å². The Morgan fingerprint density at radius 1 is 1.54 bits per heavy atom. The fourth-order valence-corrected chi connectivity index (χ4v) is 2.18.